The Labute approximate surface area is 130 Å². The van der Waals surface area contributed by atoms with Gasteiger partial charge in [-0.05, 0) is 43.6 Å². The number of nitrogens with zero attached hydrogens (tertiary/aromatic N) is 1. The second kappa shape index (κ2) is 7.06. The Morgan fingerprint density at radius 2 is 2.10 bits per heavy atom. The molecule has 0 unspecified atom stereocenters. The van der Waals surface area contributed by atoms with Gasteiger partial charge in [0.2, 0.25) is 5.91 Å². The van der Waals surface area contributed by atoms with Crippen molar-refractivity contribution in [3.63, 3.8) is 0 Å². The van der Waals surface area contributed by atoms with Crippen LogP contribution in [0.1, 0.15) is 55.5 Å². The van der Waals surface area contributed by atoms with Gasteiger partial charge in [-0.2, -0.15) is 5.26 Å². The summed E-state index contributed by atoms with van der Waals surface area (Å²) in [6, 6.07) is 1.76. The lowest BCUT2D eigenvalue weighted by Crippen LogP contribution is -2.36. The fourth-order valence-electron chi connectivity index (χ4n) is 2.77. The third-order valence-electron chi connectivity index (χ3n) is 3.83. The van der Waals surface area contributed by atoms with Crippen LogP contribution >= 0.6 is 11.3 Å². The summed E-state index contributed by atoms with van der Waals surface area (Å²) in [6.07, 6.45) is 6.12. The van der Waals surface area contributed by atoms with Gasteiger partial charge in [0, 0.05) is 4.88 Å². The van der Waals surface area contributed by atoms with Crippen molar-refractivity contribution in [1.29, 1.82) is 5.26 Å². The average Bonchev–Trinajstić information content (AvgIpc) is 2.58. The second-order valence-electron chi connectivity index (χ2n) is 6.11. The highest BCUT2D eigenvalue weighted by Gasteiger charge is 2.23. The molecule has 0 bridgehead atoms. The zero-order valence-corrected chi connectivity index (χ0v) is 13.6. The predicted octanol–water partition coefficient (Wildman–Crippen LogP) is 3.20. The molecule has 2 rings (SSSR count). The molecule has 1 aromatic rings. The SMILES string of the molecule is CC(C)C[C@@H](N)C(=O)Nc1sc2c(c1C#N)CCCCC2. The molecule has 3 N–H and O–H groups in total. The van der Waals surface area contributed by atoms with Crippen LogP contribution in [0.3, 0.4) is 0 Å². The van der Waals surface area contributed by atoms with Crippen molar-refractivity contribution in [3.8, 4) is 6.07 Å². The standard InChI is InChI=1S/C16H23N3OS/c1-10(2)8-13(18)15(20)19-16-12(9-17)11-6-4-3-5-7-14(11)21-16/h10,13H,3-8,18H2,1-2H3,(H,19,20)/t13-/m1/s1. The van der Waals surface area contributed by atoms with E-state index in [2.05, 4.69) is 11.4 Å². The summed E-state index contributed by atoms with van der Waals surface area (Å²) in [5, 5.41) is 13.0. The van der Waals surface area contributed by atoms with E-state index in [1.807, 2.05) is 13.8 Å². The molecule has 0 saturated carbocycles. The van der Waals surface area contributed by atoms with Crippen LogP contribution in [0.15, 0.2) is 0 Å². The van der Waals surface area contributed by atoms with Crippen molar-refractivity contribution in [3.05, 3.63) is 16.0 Å². The molecular formula is C16H23N3OS. The molecule has 4 nitrogen and oxygen atoms in total. The van der Waals surface area contributed by atoms with Crippen molar-refractivity contribution in [2.75, 3.05) is 5.32 Å². The topological polar surface area (TPSA) is 78.9 Å². The quantitative estimate of drug-likeness (QED) is 0.838. The summed E-state index contributed by atoms with van der Waals surface area (Å²) in [7, 11) is 0. The minimum atomic E-state index is -0.515. The predicted molar refractivity (Wildman–Crippen MR) is 86.4 cm³/mol. The first-order chi connectivity index (χ1) is 10.0. The smallest absolute Gasteiger partial charge is 0.241 e. The number of hydrogen-bond acceptors (Lipinski definition) is 4. The highest BCUT2D eigenvalue weighted by Crippen LogP contribution is 2.37. The van der Waals surface area contributed by atoms with Gasteiger partial charge in [0.1, 0.15) is 11.1 Å². The number of nitrogens with one attached hydrogen (secondary N) is 1. The molecule has 0 radical (unpaired) electrons. The minimum Gasteiger partial charge on any atom is -0.320 e. The van der Waals surface area contributed by atoms with E-state index < -0.39 is 6.04 Å². The molecule has 5 heteroatoms. The van der Waals surface area contributed by atoms with Crippen LogP contribution in [0.2, 0.25) is 0 Å². The van der Waals surface area contributed by atoms with Gasteiger partial charge in [-0.25, -0.2) is 0 Å². The van der Waals surface area contributed by atoms with Crippen LogP contribution in [0.25, 0.3) is 0 Å². The molecule has 0 fully saturated rings. The summed E-state index contributed by atoms with van der Waals surface area (Å²) in [6.45, 7) is 4.09. The summed E-state index contributed by atoms with van der Waals surface area (Å²) in [4.78, 5) is 13.4. The van der Waals surface area contributed by atoms with Crippen LogP contribution < -0.4 is 11.1 Å². The Kier molecular flexibility index (Phi) is 5.38. The Bertz CT molecular complexity index is 557. The Morgan fingerprint density at radius 1 is 1.38 bits per heavy atom. The second-order valence-corrected chi connectivity index (χ2v) is 7.21. The Morgan fingerprint density at radius 3 is 2.76 bits per heavy atom. The van der Waals surface area contributed by atoms with Crippen LogP contribution in [0.5, 0.6) is 0 Å². The van der Waals surface area contributed by atoms with Crippen molar-refractivity contribution in [1.82, 2.24) is 0 Å². The Hall–Kier alpha value is -1.38. The third-order valence-corrected chi connectivity index (χ3v) is 5.04. The number of amides is 1. The zero-order chi connectivity index (χ0) is 15.4. The molecule has 0 saturated heterocycles. The zero-order valence-electron chi connectivity index (χ0n) is 12.7. The third kappa shape index (κ3) is 3.84. The maximum absolute atomic E-state index is 12.2. The van der Waals surface area contributed by atoms with Crippen LogP contribution in [0, 0.1) is 17.2 Å². The molecule has 1 aliphatic rings. The monoisotopic (exact) mass is 305 g/mol. The molecule has 1 atom stereocenters. The van der Waals surface area contributed by atoms with E-state index in [1.165, 1.54) is 17.7 Å². The number of nitriles is 1. The van der Waals surface area contributed by atoms with Crippen molar-refractivity contribution < 1.29 is 4.79 Å². The number of nitrogens with two attached hydrogens (primary N) is 1. The first-order valence-corrected chi connectivity index (χ1v) is 8.45. The molecule has 0 spiro atoms. The van der Waals surface area contributed by atoms with E-state index in [1.54, 1.807) is 11.3 Å². The van der Waals surface area contributed by atoms with E-state index in [0.29, 0.717) is 22.9 Å². The van der Waals surface area contributed by atoms with Crippen LogP contribution in [-0.2, 0) is 17.6 Å². The first-order valence-electron chi connectivity index (χ1n) is 7.64. The maximum atomic E-state index is 12.2. The van der Waals surface area contributed by atoms with E-state index >= 15 is 0 Å². The lowest BCUT2D eigenvalue weighted by atomic mass is 10.0. The molecule has 0 aromatic carbocycles. The summed E-state index contributed by atoms with van der Waals surface area (Å²) in [5.74, 6) is 0.192. The lowest BCUT2D eigenvalue weighted by Gasteiger charge is -2.13. The number of rotatable bonds is 4. The molecule has 21 heavy (non-hydrogen) atoms. The number of hydrogen-bond donors (Lipinski definition) is 2. The molecule has 114 valence electrons. The van der Waals surface area contributed by atoms with Crippen molar-refractivity contribution in [2.45, 2.75) is 58.4 Å². The molecule has 1 aliphatic carbocycles. The van der Waals surface area contributed by atoms with Gasteiger partial charge < -0.3 is 11.1 Å². The van der Waals surface area contributed by atoms with Gasteiger partial charge in [0.05, 0.1) is 11.6 Å². The van der Waals surface area contributed by atoms with Gasteiger partial charge in [0.25, 0.3) is 0 Å². The van der Waals surface area contributed by atoms with E-state index in [-0.39, 0.29) is 5.91 Å². The van der Waals surface area contributed by atoms with Crippen molar-refractivity contribution >= 4 is 22.2 Å². The van der Waals surface area contributed by atoms with Gasteiger partial charge >= 0.3 is 0 Å². The fraction of sp³-hybridized carbons (Fsp3) is 0.625. The van der Waals surface area contributed by atoms with Gasteiger partial charge in [-0.1, -0.05) is 20.3 Å². The molecule has 1 aromatic heterocycles. The minimum absolute atomic E-state index is 0.184. The average molecular weight is 305 g/mol. The highest BCUT2D eigenvalue weighted by molar-refractivity contribution is 7.16. The highest BCUT2D eigenvalue weighted by atomic mass is 32.1. The summed E-state index contributed by atoms with van der Waals surface area (Å²) in [5.41, 5.74) is 7.72. The van der Waals surface area contributed by atoms with Gasteiger partial charge in [-0.15, -0.1) is 11.3 Å². The molecular weight excluding hydrogens is 282 g/mol. The number of fused-ring (bicyclic) bond motifs is 1. The fourth-order valence-corrected chi connectivity index (χ4v) is 4.01. The van der Waals surface area contributed by atoms with E-state index in [0.717, 1.165) is 24.8 Å². The summed E-state index contributed by atoms with van der Waals surface area (Å²) < 4.78 is 0. The van der Waals surface area contributed by atoms with E-state index in [4.69, 9.17) is 5.73 Å². The number of aryl methyl sites for hydroxylation is 1. The van der Waals surface area contributed by atoms with Crippen molar-refractivity contribution in [2.24, 2.45) is 11.7 Å². The van der Waals surface area contributed by atoms with E-state index in [9.17, 15) is 10.1 Å². The first kappa shape index (κ1) is 16.0. The van der Waals surface area contributed by atoms with Gasteiger partial charge in [0.15, 0.2) is 0 Å². The maximum Gasteiger partial charge on any atom is 0.241 e. The largest absolute Gasteiger partial charge is 0.320 e. The van der Waals surface area contributed by atoms with Crippen LogP contribution in [-0.4, -0.2) is 11.9 Å². The number of anilines is 1. The lowest BCUT2D eigenvalue weighted by molar-refractivity contribution is -0.117. The molecule has 1 amide bonds. The van der Waals surface area contributed by atoms with Gasteiger partial charge in [-0.3, -0.25) is 4.79 Å². The number of thiophene rings is 1. The normalized spacial score (nSPS) is 16.0. The van der Waals surface area contributed by atoms with Crippen LogP contribution in [0.4, 0.5) is 5.00 Å². The molecule has 0 aliphatic heterocycles. The summed E-state index contributed by atoms with van der Waals surface area (Å²) >= 11 is 1.55. The number of carbonyl (C=O) groups is 1. The number of carbonyl (C=O) groups excluding carboxylic acids is 1. The Balaban J connectivity index is 2.17. The molecule has 1 heterocycles.